The standard InChI is InChI=1S/C11H18N2O2/c1-3-4-5-10-12-8(2)9(6-7-14)11(15)13-10/h14H,3-7H2,1-2H3,(H,12,13,15). The van der Waals surface area contributed by atoms with Crippen molar-refractivity contribution < 1.29 is 5.11 Å². The Morgan fingerprint density at radius 1 is 1.40 bits per heavy atom. The van der Waals surface area contributed by atoms with E-state index in [1.165, 1.54) is 0 Å². The predicted octanol–water partition coefficient (Wildman–Crippen LogP) is 0.956. The predicted molar refractivity (Wildman–Crippen MR) is 59.0 cm³/mol. The maximum atomic E-state index is 11.6. The fourth-order valence-electron chi connectivity index (χ4n) is 1.54. The molecule has 1 rings (SSSR count). The van der Waals surface area contributed by atoms with Gasteiger partial charge in [-0.1, -0.05) is 13.3 Å². The minimum Gasteiger partial charge on any atom is -0.396 e. The summed E-state index contributed by atoms with van der Waals surface area (Å²) in [6.07, 6.45) is 3.30. The van der Waals surface area contributed by atoms with Crippen LogP contribution in [-0.2, 0) is 12.8 Å². The molecule has 4 nitrogen and oxygen atoms in total. The summed E-state index contributed by atoms with van der Waals surface area (Å²) in [7, 11) is 0. The number of rotatable bonds is 5. The number of aryl methyl sites for hydroxylation is 2. The van der Waals surface area contributed by atoms with Crippen LogP contribution in [-0.4, -0.2) is 21.7 Å². The molecule has 0 aliphatic rings. The Bertz CT molecular complexity index is 371. The van der Waals surface area contributed by atoms with Crippen LogP contribution >= 0.6 is 0 Å². The molecule has 0 amide bonds. The van der Waals surface area contributed by atoms with E-state index >= 15 is 0 Å². The van der Waals surface area contributed by atoms with E-state index in [1.807, 2.05) is 6.92 Å². The zero-order chi connectivity index (χ0) is 11.3. The van der Waals surface area contributed by atoms with Crippen molar-refractivity contribution in [2.45, 2.75) is 39.5 Å². The molecule has 2 N–H and O–H groups in total. The van der Waals surface area contributed by atoms with Gasteiger partial charge in [-0.25, -0.2) is 4.98 Å². The van der Waals surface area contributed by atoms with E-state index in [2.05, 4.69) is 16.9 Å². The summed E-state index contributed by atoms with van der Waals surface area (Å²) < 4.78 is 0. The lowest BCUT2D eigenvalue weighted by molar-refractivity contribution is 0.298. The normalized spacial score (nSPS) is 10.6. The highest BCUT2D eigenvalue weighted by molar-refractivity contribution is 5.16. The summed E-state index contributed by atoms with van der Waals surface area (Å²) in [5.41, 5.74) is 1.22. The summed E-state index contributed by atoms with van der Waals surface area (Å²) in [6.45, 7) is 3.90. The highest BCUT2D eigenvalue weighted by Gasteiger charge is 2.06. The van der Waals surface area contributed by atoms with Gasteiger partial charge < -0.3 is 10.1 Å². The molecular weight excluding hydrogens is 192 g/mol. The minimum atomic E-state index is -0.109. The van der Waals surface area contributed by atoms with Crippen LogP contribution in [0.4, 0.5) is 0 Å². The summed E-state index contributed by atoms with van der Waals surface area (Å²) in [6, 6.07) is 0. The number of aliphatic hydroxyl groups excluding tert-OH is 1. The Balaban J connectivity index is 2.92. The van der Waals surface area contributed by atoms with Crippen molar-refractivity contribution in [1.29, 1.82) is 0 Å². The molecule has 4 heteroatoms. The van der Waals surface area contributed by atoms with Gasteiger partial charge in [0.2, 0.25) is 0 Å². The van der Waals surface area contributed by atoms with Gasteiger partial charge in [-0.3, -0.25) is 4.79 Å². The fraction of sp³-hybridized carbons (Fsp3) is 0.636. The average Bonchev–Trinajstić information content (AvgIpc) is 2.20. The number of aliphatic hydroxyl groups is 1. The summed E-state index contributed by atoms with van der Waals surface area (Å²) in [5.74, 6) is 0.751. The molecule has 0 saturated carbocycles. The molecule has 0 unspecified atom stereocenters. The van der Waals surface area contributed by atoms with E-state index in [4.69, 9.17) is 5.11 Å². The maximum Gasteiger partial charge on any atom is 0.254 e. The fourth-order valence-corrected chi connectivity index (χ4v) is 1.54. The van der Waals surface area contributed by atoms with E-state index in [0.29, 0.717) is 12.0 Å². The quantitative estimate of drug-likeness (QED) is 0.760. The van der Waals surface area contributed by atoms with Gasteiger partial charge >= 0.3 is 0 Å². The van der Waals surface area contributed by atoms with Crippen molar-refractivity contribution in [2.75, 3.05) is 6.61 Å². The third-order valence-electron chi connectivity index (χ3n) is 2.40. The van der Waals surface area contributed by atoms with Crippen LogP contribution in [0.3, 0.4) is 0 Å². The van der Waals surface area contributed by atoms with E-state index in [-0.39, 0.29) is 12.2 Å². The molecule has 1 heterocycles. The molecule has 1 aromatic rings. The highest BCUT2D eigenvalue weighted by Crippen LogP contribution is 2.02. The highest BCUT2D eigenvalue weighted by atomic mass is 16.3. The van der Waals surface area contributed by atoms with Gasteiger partial charge in [-0.15, -0.1) is 0 Å². The van der Waals surface area contributed by atoms with E-state index in [1.54, 1.807) is 0 Å². The van der Waals surface area contributed by atoms with E-state index < -0.39 is 0 Å². The number of hydrogen-bond donors (Lipinski definition) is 2. The maximum absolute atomic E-state index is 11.6. The monoisotopic (exact) mass is 210 g/mol. The van der Waals surface area contributed by atoms with Crippen LogP contribution in [0, 0.1) is 6.92 Å². The Morgan fingerprint density at radius 2 is 2.13 bits per heavy atom. The molecule has 1 aromatic heterocycles. The van der Waals surface area contributed by atoms with E-state index in [9.17, 15) is 4.79 Å². The number of hydrogen-bond acceptors (Lipinski definition) is 3. The first-order chi connectivity index (χ1) is 7.19. The van der Waals surface area contributed by atoms with Crippen LogP contribution in [0.15, 0.2) is 4.79 Å². The molecule has 0 aliphatic carbocycles. The summed E-state index contributed by atoms with van der Waals surface area (Å²) >= 11 is 0. The second-order valence-corrected chi connectivity index (χ2v) is 3.65. The number of aromatic amines is 1. The number of unbranched alkanes of at least 4 members (excludes halogenated alkanes) is 1. The third kappa shape index (κ3) is 3.16. The van der Waals surface area contributed by atoms with Crippen LogP contribution in [0.25, 0.3) is 0 Å². The molecule has 0 aliphatic heterocycles. The number of nitrogens with zero attached hydrogens (tertiary/aromatic N) is 1. The second-order valence-electron chi connectivity index (χ2n) is 3.65. The lowest BCUT2D eigenvalue weighted by Gasteiger charge is -2.05. The first-order valence-corrected chi connectivity index (χ1v) is 5.38. The van der Waals surface area contributed by atoms with Crippen molar-refractivity contribution in [1.82, 2.24) is 9.97 Å². The topological polar surface area (TPSA) is 66.0 Å². The van der Waals surface area contributed by atoms with Crippen molar-refractivity contribution >= 4 is 0 Å². The molecule has 15 heavy (non-hydrogen) atoms. The van der Waals surface area contributed by atoms with Gasteiger partial charge in [0, 0.05) is 30.7 Å². The molecular formula is C11H18N2O2. The number of nitrogens with one attached hydrogen (secondary N) is 1. The molecule has 0 spiro atoms. The van der Waals surface area contributed by atoms with Crippen LogP contribution in [0.2, 0.25) is 0 Å². The van der Waals surface area contributed by atoms with Gasteiger partial charge in [0.15, 0.2) is 0 Å². The Morgan fingerprint density at radius 3 is 2.67 bits per heavy atom. The molecule has 84 valence electrons. The van der Waals surface area contributed by atoms with Gasteiger partial charge in [0.25, 0.3) is 5.56 Å². The molecule has 0 radical (unpaired) electrons. The largest absolute Gasteiger partial charge is 0.396 e. The molecule has 0 bridgehead atoms. The third-order valence-corrected chi connectivity index (χ3v) is 2.40. The van der Waals surface area contributed by atoms with Crippen LogP contribution in [0.5, 0.6) is 0 Å². The number of aromatic nitrogens is 2. The number of H-pyrrole nitrogens is 1. The zero-order valence-electron chi connectivity index (χ0n) is 9.34. The summed E-state index contributed by atoms with van der Waals surface area (Å²) in [5, 5.41) is 8.80. The molecule has 0 saturated heterocycles. The lowest BCUT2D eigenvalue weighted by atomic mass is 10.1. The molecule has 0 aromatic carbocycles. The van der Waals surface area contributed by atoms with Gasteiger partial charge in [-0.2, -0.15) is 0 Å². The van der Waals surface area contributed by atoms with Crippen molar-refractivity contribution in [3.63, 3.8) is 0 Å². The smallest absolute Gasteiger partial charge is 0.254 e. The minimum absolute atomic E-state index is 0.0140. The van der Waals surface area contributed by atoms with Gasteiger partial charge in [0.05, 0.1) is 0 Å². The van der Waals surface area contributed by atoms with Gasteiger partial charge in [-0.05, 0) is 13.3 Å². The Kier molecular flexibility index (Phi) is 4.49. The lowest BCUT2D eigenvalue weighted by Crippen LogP contribution is -2.20. The average molecular weight is 210 g/mol. The van der Waals surface area contributed by atoms with Crippen LogP contribution in [0.1, 0.15) is 36.8 Å². The van der Waals surface area contributed by atoms with Crippen molar-refractivity contribution in [3.8, 4) is 0 Å². The van der Waals surface area contributed by atoms with Gasteiger partial charge in [0.1, 0.15) is 5.82 Å². The summed E-state index contributed by atoms with van der Waals surface area (Å²) in [4.78, 5) is 18.7. The molecule has 0 atom stereocenters. The zero-order valence-corrected chi connectivity index (χ0v) is 9.34. The molecule has 0 fully saturated rings. The first-order valence-electron chi connectivity index (χ1n) is 5.38. The van der Waals surface area contributed by atoms with Crippen molar-refractivity contribution in [3.05, 3.63) is 27.4 Å². The van der Waals surface area contributed by atoms with Crippen molar-refractivity contribution in [2.24, 2.45) is 0 Å². The van der Waals surface area contributed by atoms with E-state index in [0.717, 1.165) is 30.8 Å². The van der Waals surface area contributed by atoms with Crippen LogP contribution < -0.4 is 5.56 Å². The second kappa shape index (κ2) is 5.66. The SMILES string of the molecule is CCCCc1nc(C)c(CCO)c(=O)[nH]1. The first kappa shape index (κ1) is 11.9. The Labute approximate surface area is 89.4 Å². The Hall–Kier alpha value is -1.16.